The van der Waals surface area contributed by atoms with E-state index in [1.54, 1.807) is 36.4 Å². The minimum atomic E-state index is -1.12. The Morgan fingerprint density at radius 1 is 0.826 bits per heavy atom. The van der Waals surface area contributed by atoms with Crippen LogP contribution < -0.4 is 16.0 Å². The van der Waals surface area contributed by atoms with Gasteiger partial charge < -0.3 is 21.1 Å². The van der Waals surface area contributed by atoms with Crippen molar-refractivity contribution >= 4 is 29.3 Å². The zero-order valence-electron chi connectivity index (χ0n) is 12.1. The van der Waals surface area contributed by atoms with Gasteiger partial charge in [-0.05, 0) is 36.4 Å². The van der Waals surface area contributed by atoms with Crippen LogP contribution in [-0.2, 0) is 4.79 Å². The van der Waals surface area contributed by atoms with Crippen LogP contribution in [0.25, 0.3) is 0 Å². The predicted molar refractivity (Wildman–Crippen MR) is 85.5 cm³/mol. The second-order valence-corrected chi connectivity index (χ2v) is 4.60. The van der Waals surface area contributed by atoms with E-state index in [9.17, 15) is 14.4 Å². The molecule has 0 spiro atoms. The van der Waals surface area contributed by atoms with E-state index in [2.05, 4.69) is 16.0 Å². The SMILES string of the molecule is O=C(O)CNC(=O)c1ccc(NC(=O)Nc2ccccc2)cc1. The van der Waals surface area contributed by atoms with Crippen molar-refractivity contribution in [1.29, 1.82) is 0 Å². The quantitative estimate of drug-likeness (QED) is 0.678. The smallest absolute Gasteiger partial charge is 0.323 e. The van der Waals surface area contributed by atoms with E-state index in [4.69, 9.17) is 5.11 Å². The van der Waals surface area contributed by atoms with Gasteiger partial charge >= 0.3 is 12.0 Å². The van der Waals surface area contributed by atoms with Crippen molar-refractivity contribution in [3.63, 3.8) is 0 Å². The maximum absolute atomic E-state index is 11.8. The number of hydrogen-bond acceptors (Lipinski definition) is 3. The van der Waals surface area contributed by atoms with Crippen LogP contribution in [0.15, 0.2) is 54.6 Å². The third-order valence-electron chi connectivity index (χ3n) is 2.84. The first-order valence-electron chi connectivity index (χ1n) is 6.78. The lowest BCUT2D eigenvalue weighted by Gasteiger charge is -2.08. The van der Waals surface area contributed by atoms with E-state index in [0.717, 1.165) is 0 Å². The molecule has 0 aliphatic rings. The standard InChI is InChI=1S/C16H15N3O4/c20-14(21)10-17-15(22)11-6-8-13(9-7-11)19-16(23)18-12-4-2-1-3-5-12/h1-9H,10H2,(H,17,22)(H,20,21)(H2,18,19,23). The van der Waals surface area contributed by atoms with E-state index >= 15 is 0 Å². The summed E-state index contributed by atoms with van der Waals surface area (Å²) in [5, 5.41) is 16.1. The number of aliphatic carboxylic acids is 1. The van der Waals surface area contributed by atoms with Gasteiger partial charge in [0.25, 0.3) is 5.91 Å². The van der Waals surface area contributed by atoms with Gasteiger partial charge in [0.1, 0.15) is 6.54 Å². The van der Waals surface area contributed by atoms with Gasteiger partial charge in [-0.25, -0.2) is 4.79 Å². The van der Waals surface area contributed by atoms with Crippen molar-refractivity contribution < 1.29 is 19.5 Å². The fourth-order valence-corrected chi connectivity index (χ4v) is 1.78. The fraction of sp³-hybridized carbons (Fsp3) is 0.0625. The summed E-state index contributed by atoms with van der Waals surface area (Å²) in [5.74, 6) is -1.61. The Labute approximate surface area is 132 Å². The molecule has 0 unspecified atom stereocenters. The lowest BCUT2D eigenvalue weighted by molar-refractivity contribution is -0.135. The topological polar surface area (TPSA) is 108 Å². The molecular formula is C16H15N3O4. The van der Waals surface area contributed by atoms with E-state index < -0.39 is 24.5 Å². The predicted octanol–water partition coefficient (Wildman–Crippen LogP) is 2.14. The summed E-state index contributed by atoms with van der Waals surface area (Å²) in [6.45, 7) is -0.446. The molecule has 3 amide bonds. The normalized spacial score (nSPS) is 9.74. The molecule has 2 rings (SSSR count). The summed E-state index contributed by atoms with van der Waals surface area (Å²) in [7, 11) is 0. The molecular weight excluding hydrogens is 298 g/mol. The minimum Gasteiger partial charge on any atom is -0.480 e. The zero-order valence-corrected chi connectivity index (χ0v) is 12.1. The number of anilines is 2. The van der Waals surface area contributed by atoms with Crippen molar-refractivity contribution in [2.24, 2.45) is 0 Å². The number of para-hydroxylation sites is 1. The third-order valence-corrected chi connectivity index (χ3v) is 2.84. The van der Waals surface area contributed by atoms with Gasteiger partial charge in [-0.15, -0.1) is 0 Å². The second-order valence-electron chi connectivity index (χ2n) is 4.60. The fourth-order valence-electron chi connectivity index (χ4n) is 1.78. The van der Waals surface area contributed by atoms with Crippen LogP contribution in [0.2, 0.25) is 0 Å². The first-order chi connectivity index (χ1) is 11.0. The highest BCUT2D eigenvalue weighted by Crippen LogP contribution is 2.11. The van der Waals surface area contributed by atoms with Gasteiger partial charge in [-0.3, -0.25) is 9.59 Å². The van der Waals surface area contributed by atoms with Crippen LogP contribution in [0.4, 0.5) is 16.2 Å². The summed E-state index contributed by atoms with van der Waals surface area (Å²) < 4.78 is 0. The van der Waals surface area contributed by atoms with Crippen LogP contribution in [0.3, 0.4) is 0 Å². The number of amides is 3. The Kier molecular flexibility index (Phi) is 5.30. The second kappa shape index (κ2) is 7.60. The van der Waals surface area contributed by atoms with Crippen molar-refractivity contribution in [2.75, 3.05) is 17.2 Å². The van der Waals surface area contributed by atoms with Crippen LogP contribution in [-0.4, -0.2) is 29.6 Å². The molecule has 0 atom stereocenters. The molecule has 7 nitrogen and oxygen atoms in total. The van der Waals surface area contributed by atoms with Gasteiger partial charge in [0.2, 0.25) is 0 Å². The number of rotatable bonds is 5. The number of carboxylic acids is 1. The molecule has 118 valence electrons. The minimum absolute atomic E-state index is 0.306. The van der Waals surface area contributed by atoms with Gasteiger partial charge in [0.05, 0.1) is 0 Å². The van der Waals surface area contributed by atoms with Crippen LogP contribution >= 0.6 is 0 Å². The molecule has 0 saturated carbocycles. The molecule has 0 aliphatic carbocycles. The van der Waals surface area contributed by atoms with Crippen molar-refractivity contribution in [2.45, 2.75) is 0 Å². The number of nitrogens with one attached hydrogen (secondary N) is 3. The summed E-state index contributed by atoms with van der Waals surface area (Å²) in [4.78, 5) is 33.9. The van der Waals surface area contributed by atoms with Gasteiger partial charge in [-0.1, -0.05) is 18.2 Å². The van der Waals surface area contributed by atoms with Crippen molar-refractivity contribution in [1.82, 2.24) is 5.32 Å². The van der Waals surface area contributed by atoms with Gasteiger partial charge in [-0.2, -0.15) is 0 Å². The Morgan fingerprint density at radius 3 is 1.96 bits per heavy atom. The van der Waals surface area contributed by atoms with E-state index in [-0.39, 0.29) is 0 Å². The molecule has 4 N–H and O–H groups in total. The Morgan fingerprint density at radius 2 is 1.39 bits per heavy atom. The van der Waals surface area contributed by atoms with Gasteiger partial charge in [0.15, 0.2) is 0 Å². The first-order valence-corrected chi connectivity index (χ1v) is 6.78. The zero-order chi connectivity index (χ0) is 16.7. The summed E-state index contributed by atoms with van der Waals surface area (Å²) in [5.41, 5.74) is 1.48. The van der Waals surface area contributed by atoms with Crippen molar-refractivity contribution in [3.8, 4) is 0 Å². The average Bonchev–Trinajstić information content (AvgIpc) is 2.54. The largest absolute Gasteiger partial charge is 0.480 e. The van der Waals surface area contributed by atoms with Crippen LogP contribution in [0.1, 0.15) is 10.4 Å². The molecule has 0 fully saturated rings. The Balaban J connectivity index is 1.90. The third kappa shape index (κ3) is 5.16. The molecule has 0 radical (unpaired) electrons. The highest BCUT2D eigenvalue weighted by molar-refractivity contribution is 6.00. The van der Waals surface area contributed by atoms with E-state index in [1.165, 1.54) is 12.1 Å². The number of carbonyl (C=O) groups excluding carboxylic acids is 2. The lowest BCUT2D eigenvalue weighted by Crippen LogP contribution is -2.29. The number of carboxylic acid groups (broad SMARTS) is 1. The first kappa shape index (κ1) is 16.0. The molecule has 0 saturated heterocycles. The van der Waals surface area contributed by atoms with E-state index in [1.807, 2.05) is 6.07 Å². The maximum Gasteiger partial charge on any atom is 0.323 e. The van der Waals surface area contributed by atoms with Crippen LogP contribution in [0.5, 0.6) is 0 Å². The summed E-state index contributed by atoms with van der Waals surface area (Å²) >= 11 is 0. The molecule has 7 heteroatoms. The van der Waals surface area contributed by atoms with Crippen molar-refractivity contribution in [3.05, 3.63) is 60.2 Å². The molecule has 0 aromatic heterocycles. The molecule has 23 heavy (non-hydrogen) atoms. The van der Waals surface area contributed by atoms with Crippen LogP contribution in [0, 0.1) is 0 Å². The lowest BCUT2D eigenvalue weighted by atomic mass is 10.2. The summed E-state index contributed by atoms with van der Waals surface area (Å²) in [6, 6.07) is 14.7. The van der Waals surface area contributed by atoms with E-state index in [0.29, 0.717) is 16.9 Å². The highest BCUT2D eigenvalue weighted by Gasteiger charge is 2.08. The average molecular weight is 313 g/mol. The molecule has 2 aromatic rings. The number of benzene rings is 2. The Bertz CT molecular complexity index is 699. The number of urea groups is 1. The number of carbonyl (C=O) groups is 3. The molecule has 0 aliphatic heterocycles. The Hall–Kier alpha value is -3.35. The highest BCUT2D eigenvalue weighted by atomic mass is 16.4. The number of hydrogen-bond donors (Lipinski definition) is 4. The molecule has 0 heterocycles. The van der Waals surface area contributed by atoms with Gasteiger partial charge in [0, 0.05) is 16.9 Å². The maximum atomic E-state index is 11.8. The molecule has 0 bridgehead atoms. The molecule has 2 aromatic carbocycles. The summed E-state index contributed by atoms with van der Waals surface area (Å²) in [6.07, 6.45) is 0. The monoisotopic (exact) mass is 313 g/mol.